The van der Waals surface area contributed by atoms with Crippen molar-refractivity contribution in [2.24, 2.45) is 0 Å². The molecule has 4 heteroatoms. The first-order valence-electron chi connectivity index (χ1n) is 5.95. The molecule has 0 spiro atoms. The molecule has 0 atom stereocenters. The maximum absolute atomic E-state index is 9.26. The average molecular weight is 246 g/mol. The SMILES string of the molecule is Cc1ccc(OCc2n[nH]c(C)c2CO)c(C)c1. The minimum absolute atomic E-state index is 0.0199. The number of ether oxygens (including phenoxy) is 1. The van der Waals surface area contributed by atoms with Crippen LogP contribution in [-0.2, 0) is 13.2 Å². The summed E-state index contributed by atoms with van der Waals surface area (Å²) in [6, 6.07) is 6.06. The Balaban J connectivity index is 2.11. The molecule has 2 rings (SSSR count). The molecule has 4 nitrogen and oxygen atoms in total. The van der Waals surface area contributed by atoms with Gasteiger partial charge in [-0.15, -0.1) is 0 Å². The van der Waals surface area contributed by atoms with E-state index in [-0.39, 0.29) is 6.61 Å². The van der Waals surface area contributed by atoms with E-state index < -0.39 is 0 Å². The Morgan fingerprint density at radius 2 is 2.06 bits per heavy atom. The first kappa shape index (κ1) is 12.6. The molecule has 0 aliphatic heterocycles. The fraction of sp³-hybridized carbons (Fsp3) is 0.357. The summed E-state index contributed by atoms with van der Waals surface area (Å²) in [5.74, 6) is 0.852. The zero-order valence-electron chi connectivity index (χ0n) is 10.9. The highest BCUT2D eigenvalue weighted by atomic mass is 16.5. The number of aryl methyl sites for hydroxylation is 3. The molecule has 0 fully saturated rings. The number of hydrogen-bond donors (Lipinski definition) is 2. The lowest BCUT2D eigenvalue weighted by atomic mass is 10.1. The number of aliphatic hydroxyl groups is 1. The van der Waals surface area contributed by atoms with E-state index in [0.717, 1.165) is 28.3 Å². The van der Waals surface area contributed by atoms with Crippen LogP contribution in [0.2, 0.25) is 0 Å². The number of aromatic nitrogens is 2. The third-order valence-electron chi connectivity index (χ3n) is 3.01. The van der Waals surface area contributed by atoms with Gasteiger partial charge in [0.2, 0.25) is 0 Å². The van der Waals surface area contributed by atoms with E-state index in [0.29, 0.717) is 6.61 Å². The highest BCUT2D eigenvalue weighted by molar-refractivity contribution is 5.36. The molecule has 0 unspecified atom stereocenters. The number of aliphatic hydroxyl groups excluding tert-OH is 1. The Morgan fingerprint density at radius 3 is 2.72 bits per heavy atom. The second kappa shape index (κ2) is 5.23. The Morgan fingerprint density at radius 1 is 1.28 bits per heavy atom. The number of benzene rings is 1. The number of hydrogen-bond acceptors (Lipinski definition) is 3. The van der Waals surface area contributed by atoms with Crippen LogP contribution in [0.3, 0.4) is 0 Å². The largest absolute Gasteiger partial charge is 0.487 e. The van der Waals surface area contributed by atoms with Crippen molar-refractivity contribution in [3.8, 4) is 5.75 Å². The second-order valence-electron chi connectivity index (χ2n) is 4.49. The van der Waals surface area contributed by atoms with E-state index in [2.05, 4.69) is 23.2 Å². The van der Waals surface area contributed by atoms with Gasteiger partial charge >= 0.3 is 0 Å². The van der Waals surface area contributed by atoms with Crippen LogP contribution in [0.15, 0.2) is 18.2 Å². The van der Waals surface area contributed by atoms with E-state index in [9.17, 15) is 5.11 Å². The van der Waals surface area contributed by atoms with E-state index in [1.165, 1.54) is 5.56 Å². The Labute approximate surface area is 107 Å². The summed E-state index contributed by atoms with van der Waals surface area (Å²) >= 11 is 0. The van der Waals surface area contributed by atoms with Crippen LogP contribution >= 0.6 is 0 Å². The summed E-state index contributed by atoms with van der Waals surface area (Å²) in [4.78, 5) is 0. The molecule has 0 saturated carbocycles. The first-order valence-corrected chi connectivity index (χ1v) is 5.95. The van der Waals surface area contributed by atoms with Crippen LogP contribution in [0, 0.1) is 20.8 Å². The molecule has 0 saturated heterocycles. The van der Waals surface area contributed by atoms with Crippen LogP contribution in [0.1, 0.15) is 28.1 Å². The van der Waals surface area contributed by atoms with Crippen LogP contribution < -0.4 is 4.74 Å². The van der Waals surface area contributed by atoms with Crippen molar-refractivity contribution in [3.05, 3.63) is 46.3 Å². The Hall–Kier alpha value is -1.81. The van der Waals surface area contributed by atoms with E-state index in [1.807, 2.05) is 26.0 Å². The summed E-state index contributed by atoms with van der Waals surface area (Å²) in [5, 5.41) is 16.3. The van der Waals surface area contributed by atoms with Gasteiger partial charge < -0.3 is 9.84 Å². The van der Waals surface area contributed by atoms with Crippen molar-refractivity contribution < 1.29 is 9.84 Å². The molecule has 96 valence electrons. The first-order chi connectivity index (χ1) is 8.61. The molecule has 1 aromatic heterocycles. The molecular formula is C14H18N2O2. The van der Waals surface area contributed by atoms with Gasteiger partial charge in [0.1, 0.15) is 18.1 Å². The highest BCUT2D eigenvalue weighted by Gasteiger charge is 2.10. The fourth-order valence-corrected chi connectivity index (χ4v) is 1.94. The monoisotopic (exact) mass is 246 g/mol. The molecule has 18 heavy (non-hydrogen) atoms. The summed E-state index contributed by atoms with van der Waals surface area (Å²) in [6.07, 6.45) is 0. The number of H-pyrrole nitrogens is 1. The van der Waals surface area contributed by atoms with Crippen LogP contribution in [0.5, 0.6) is 5.75 Å². The van der Waals surface area contributed by atoms with Gasteiger partial charge in [-0.1, -0.05) is 17.7 Å². The summed E-state index contributed by atoms with van der Waals surface area (Å²) in [6.45, 7) is 6.31. The molecule has 1 heterocycles. The molecular weight excluding hydrogens is 228 g/mol. The fourth-order valence-electron chi connectivity index (χ4n) is 1.94. The predicted molar refractivity (Wildman–Crippen MR) is 69.5 cm³/mol. The smallest absolute Gasteiger partial charge is 0.132 e. The van der Waals surface area contributed by atoms with Crippen molar-refractivity contribution in [3.63, 3.8) is 0 Å². The van der Waals surface area contributed by atoms with Gasteiger partial charge in [0.25, 0.3) is 0 Å². The summed E-state index contributed by atoms with van der Waals surface area (Å²) in [7, 11) is 0. The number of rotatable bonds is 4. The van der Waals surface area contributed by atoms with Crippen LogP contribution in [-0.4, -0.2) is 15.3 Å². The minimum Gasteiger partial charge on any atom is -0.487 e. The predicted octanol–water partition coefficient (Wildman–Crippen LogP) is 2.41. The lowest BCUT2D eigenvalue weighted by molar-refractivity contribution is 0.267. The maximum atomic E-state index is 9.26. The second-order valence-corrected chi connectivity index (χ2v) is 4.49. The number of aromatic amines is 1. The van der Waals surface area contributed by atoms with E-state index in [1.54, 1.807) is 0 Å². The highest BCUT2D eigenvalue weighted by Crippen LogP contribution is 2.20. The molecule has 2 aromatic rings. The van der Waals surface area contributed by atoms with Gasteiger partial charge in [0.05, 0.1) is 6.61 Å². The Bertz CT molecular complexity index is 547. The lowest BCUT2D eigenvalue weighted by Gasteiger charge is -2.09. The summed E-state index contributed by atoms with van der Waals surface area (Å²) in [5.41, 5.74) is 4.78. The van der Waals surface area contributed by atoms with Gasteiger partial charge in [-0.2, -0.15) is 5.10 Å². The van der Waals surface area contributed by atoms with Crippen molar-refractivity contribution in [2.75, 3.05) is 0 Å². The molecule has 0 amide bonds. The average Bonchev–Trinajstić information content (AvgIpc) is 2.69. The molecule has 0 aliphatic rings. The molecule has 0 aliphatic carbocycles. The van der Waals surface area contributed by atoms with Crippen LogP contribution in [0.4, 0.5) is 0 Å². The quantitative estimate of drug-likeness (QED) is 0.871. The van der Waals surface area contributed by atoms with Gasteiger partial charge in [0, 0.05) is 11.3 Å². The molecule has 2 N–H and O–H groups in total. The Kier molecular flexibility index (Phi) is 3.67. The van der Waals surface area contributed by atoms with Gasteiger partial charge in [-0.3, -0.25) is 5.10 Å². The number of nitrogens with zero attached hydrogens (tertiary/aromatic N) is 1. The van der Waals surface area contributed by atoms with Gasteiger partial charge in [0.15, 0.2) is 0 Å². The maximum Gasteiger partial charge on any atom is 0.132 e. The van der Waals surface area contributed by atoms with Crippen molar-refractivity contribution >= 4 is 0 Å². The lowest BCUT2D eigenvalue weighted by Crippen LogP contribution is -2.01. The minimum atomic E-state index is -0.0199. The zero-order valence-corrected chi connectivity index (χ0v) is 10.9. The van der Waals surface area contributed by atoms with Gasteiger partial charge in [-0.05, 0) is 32.4 Å². The van der Waals surface area contributed by atoms with Crippen molar-refractivity contribution in [2.45, 2.75) is 34.0 Å². The van der Waals surface area contributed by atoms with Gasteiger partial charge in [-0.25, -0.2) is 0 Å². The topological polar surface area (TPSA) is 58.1 Å². The standard InChI is InChI=1S/C14H18N2O2/c1-9-4-5-14(10(2)6-9)18-8-13-12(7-17)11(3)15-16-13/h4-6,17H,7-8H2,1-3H3,(H,15,16). The zero-order chi connectivity index (χ0) is 13.1. The number of nitrogens with one attached hydrogen (secondary N) is 1. The molecule has 0 bridgehead atoms. The van der Waals surface area contributed by atoms with E-state index in [4.69, 9.17) is 4.74 Å². The molecule has 1 aromatic carbocycles. The van der Waals surface area contributed by atoms with E-state index >= 15 is 0 Å². The third kappa shape index (κ3) is 2.54. The molecule has 0 radical (unpaired) electrons. The van der Waals surface area contributed by atoms with Crippen molar-refractivity contribution in [1.82, 2.24) is 10.2 Å². The third-order valence-corrected chi connectivity index (χ3v) is 3.01. The van der Waals surface area contributed by atoms with Crippen molar-refractivity contribution in [1.29, 1.82) is 0 Å². The van der Waals surface area contributed by atoms with Crippen LogP contribution in [0.25, 0.3) is 0 Å². The normalized spacial score (nSPS) is 10.7. The summed E-state index contributed by atoms with van der Waals surface area (Å²) < 4.78 is 5.74.